The molecule has 0 atom stereocenters. The molecular weight excluding hydrogens is 310 g/mol. The molecule has 3 aromatic rings. The van der Waals surface area contributed by atoms with Crippen LogP contribution in [-0.4, -0.2) is 14.2 Å². The molecule has 0 aliphatic heterocycles. The second kappa shape index (κ2) is 6.71. The topological polar surface area (TPSA) is 18.5 Å². The van der Waals surface area contributed by atoms with Gasteiger partial charge in [-0.15, -0.1) is 0 Å². The highest BCUT2D eigenvalue weighted by molar-refractivity contribution is 5.72. The van der Waals surface area contributed by atoms with E-state index < -0.39 is 11.6 Å². The quantitative estimate of drug-likeness (QED) is 0.646. The third-order valence-electron chi connectivity index (χ3n) is 3.88. The second-order valence-corrected chi connectivity index (χ2v) is 5.25. The SMILES string of the molecule is COc1ccc(-c2ccc(-c3ccc(OC)cc3)c(F)c2F)cc1. The molecule has 122 valence electrons. The van der Waals surface area contributed by atoms with Crippen LogP contribution in [0.25, 0.3) is 22.3 Å². The Hall–Kier alpha value is -2.88. The maximum atomic E-state index is 14.5. The number of benzene rings is 3. The van der Waals surface area contributed by atoms with Crippen molar-refractivity contribution in [2.75, 3.05) is 14.2 Å². The Kier molecular flexibility index (Phi) is 4.47. The zero-order chi connectivity index (χ0) is 17.1. The minimum atomic E-state index is -0.867. The lowest BCUT2D eigenvalue weighted by atomic mass is 9.98. The molecule has 0 aromatic heterocycles. The van der Waals surface area contributed by atoms with Crippen LogP contribution in [-0.2, 0) is 0 Å². The first kappa shape index (κ1) is 16.0. The third-order valence-corrected chi connectivity index (χ3v) is 3.88. The zero-order valence-corrected chi connectivity index (χ0v) is 13.3. The molecule has 4 heteroatoms. The van der Waals surface area contributed by atoms with Crippen molar-refractivity contribution in [1.82, 2.24) is 0 Å². The maximum absolute atomic E-state index is 14.5. The van der Waals surface area contributed by atoms with Gasteiger partial charge in [0.1, 0.15) is 11.5 Å². The molecule has 0 fully saturated rings. The molecule has 3 rings (SSSR count). The third kappa shape index (κ3) is 2.95. The molecule has 0 aliphatic rings. The molecule has 0 unspecified atom stereocenters. The van der Waals surface area contributed by atoms with E-state index in [1.807, 2.05) is 0 Å². The Bertz CT molecular complexity index is 768. The van der Waals surface area contributed by atoms with E-state index in [1.54, 1.807) is 74.9 Å². The second-order valence-electron chi connectivity index (χ2n) is 5.25. The first-order valence-corrected chi connectivity index (χ1v) is 7.41. The number of hydrogen-bond donors (Lipinski definition) is 0. The van der Waals surface area contributed by atoms with Crippen molar-refractivity contribution in [1.29, 1.82) is 0 Å². The average molecular weight is 326 g/mol. The fourth-order valence-electron chi connectivity index (χ4n) is 2.54. The standard InChI is InChI=1S/C20H16F2O2/c1-23-15-7-3-13(4-8-15)17-11-12-18(20(22)19(17)21)14-5-9-16(24-2)10-6-14/h3-12H,1-2H3. The van der Waals surface area contributed by atoms with Gasteiger partial charge in [-0.2, -0.15) is 0 Å². The summed E-state index contributed by atoms with van der Waals surface area (Å²) in [6.45, 7) is 0. The highest BCUT2D eigenvalue weighted by atomic mass is 19.2. The molecule has 0 amide bonds. The summed E-state index contributed by atoms with van der Waals surface area (Å²) in [6, 6.07) is 16.8. The molecule has 3 aromatic carbocycles. The first-order chi connectivity index (χ1) is 11.6. The molecule has 0 N–H and O–H groups in total. The number of ether oxygens (including phenoxy) is 2. The minimum absolute atomic E-state index is 0.215. The minimum Gasteiger partial charge on any atom is -0.497 e. The summed E-state index contributed by atoms with van der Waals surface area (Å²) >= 11 is 0. The molecule has 0 bridgehead atoms. The average Bonchev–Trinajstić information content (AvgIpc) is 2.64. The van der Waals surface area contributed by atoms with Crippen LogP contribution in [0.5, 0.6) is 11.5 Å². The van der Waals surface area contributed by atoms with E-state index in [2.05, 4.69) is 0 Å². The summed E-state index contributed by atoms with van der Waals surface area (Å²) < 4.78 is 39.2. The predicted octanol–water partition coefficient (Wildman–Crippen LogP) is 5.32. The van der Waals surface area contributed by atoms with E-state index in [1.165, 1.54) is 0 Å². The summed E-state index contributed by atoms with van der Waals surface area (Å²) in [4.78, 5) is 0. The van der Waals surface area contributed by atoms with Crippen LogP contribution < -0.4 is 9.47 Å². The molecule has 24 heavy (non-hydrogen) atoms. The fourth-order valence-corrected chi connectivity index (χ4v) is 2.54. The van der Waals surface area contributed by atoms with E-state index in [9.17, 15) is 8.78 Å². The lowest BCUT2D eigenvalue weighted by Crippen LogP contribution is -1.94. The lowest BCUT2D eigenvalue weighted by Gasteiger charge is -2.10. The number of rotatable bonds is 4. The molecule has 0 heterocycles. The molecule has 0 saturated heterocycles. The van der Waals surface area contributed by atoms with Crippen molar-refractivity contribution in [2.45, 2.75) is 0 Å². The first-order valence-electron chi connectivity index (χ1n) is 7.41. The molecule has 2 nitrogen and oxygen atoms in total. The Morgan fingerprint density at radius 1 is 0.542 bits per heavy atom. The molecular formula is C20H16F2O2. The molecule has 0 saturated carbocycles. The van der Waals surface area contributed by atoms with Crippen LogP contribution in [0.15, 0.2) is 60.7 Å². The van der Waals surface area contributed by atoms with Gasteiger partial charge in [-0.05, 0) is 35.4 Å². The van der Waals surface area contributed by atoms with Crippen molar-refractivity contribution >= 4 is 0 Å². The predicted molar refractivity (Wildman–Crippen MR) is 90.3 cm³/mol. The van der Waals surface area contributed by atoms with Gasteiger partial charge in [0, 0.05) is 11.1 Å². The highest BCUT2D eigenvalue weighted by Crippen LogP contribution is 2.32. The van der Waals surface area contributed by atoms with Gasteiger partial charge in [0.05, 0.1) is 14.2 Å². The lowest BCUT2D eigenvalue weighted by molar-refractivity contribution is 0.414. The summed E-state index contributed by atoms with van der Waals surface area (Å²) in [6.07, 6.45) is 0. The molecule has 0 radical (unpaired) electrons. The van der Waals surface area contributed by atoms with Gasteiger partial charge < -0.3 is 9.47 Å². The van der Waals surface area contributed by atoms with E-state index in [-0.39, 0.29) is 11.1 Å². The van der Waals surface area contributed by atoms with Crippen molar-refractivity contribution < 1.29 is 18.3 Å². The Morgan fingerprint density at radius 2 is 0.875 bits per heavy atom. The zero-order valence-electron chi connectivity index (χ0n) is 13.3. The van der Waals surface area contributed by atoms with Crippen LogP contribution in [0.1, 0.15) is 0 Å². The monoisotopic (exact) mass is 326 g/mol. The molecule has 0 spiro atoms. The van der Waals surface area contributed by atoms with Gasteiger partial charge in [0.15, 0.2) is 11.6 Å². The van der Waals surface area contributed by atoms with Crippen molar-refractivity contribution in [3.05, 3.63) is 72.3 Å². The van der Waals surface area contributed by atoms with Crippen LogP contribution in [0, 0.1) is 11.6 Å². The molecule has 0 aliphatic carbocycles. The smallest absolute Gasteiger partial charge is 0.167 e. The summed E-state index contributed by atoms with van der Waals surface area (Å²) in [7, 11) is 3.11. The van der Waals surface area contributed by atoms with E-state index in [4.69, 9.17) is 9.47 Å². The van der Waals surface area contributed by atoms with Gasteiger partial charge in [-0.1, -0.05) is 36.4 Å². The fraction of sp³-hybridized carbons (Fsp3) is 0.100. The van der Waals surface area contributed by atoms with Gasteiger partial charge in [-0.3, -0.25) is 0 Å². The van der Waals surface area contributed by atoms with Gasteiger partial charge in [-0.25, -0.2) is 8.78 Å². The van der Waals surface area contributed by atoms with Gasteiger partial charge in [0.25, 0.3) is 0 Å². The van der Waals surface area contributed by atoms with E-state index >= 15 is 0 Å². The van der Waals surface area contributed by atoms with Crippen LogP contribution in [0.3, 0.4) is 0 Å². The summed E-state index contributed by atoms with van der Waals surface area (Å²) in [5.41, 5.74) is 1.61. The van der Waals surface area contributed by atoms with E-state index in [0.717, 1.165) is 0 Å². The number of halogens is 2. The normalized spacial score (nSPS) is 10.5. The Balaban J connectivity index is 2.01. The number of hydrogen-bond acceptors (Lipinski definition) is 2. The van der Waals surface area contributed by atoms with Crippen LogP contribution in [0.2, 0.25) is 0 Å². The summed E-state index contributed by atoms with van der Waals surface area (Å²) in [5, 5.41) is 0. The number of methoxy groups -OCH3 is 2. The van der Waals surface area contributed by atoms with Crippen LogP contribution in [0.4, 0.5) is 8.78 Å². The van der Waals surface area contributed by atoms with Gasteiger partial charge in [0.2, 0.25) is 0 Å². The van der Waals surface area contributed by atoms with Crippen molar-refractivity contribution in [2.24, 2.45) is 0 Å². The van der Waals surface area contributed by atoms with Crippen molar-refractivity contribution in [3.8, 4) is 33.8 Å². The van der Waals surface area contributed by atoms with Gasteiger partial charge >= 0.3 is 0 Å². The largest absolute Gasteiger partial charge is 0.497 e. The van der Waals surface area contributed by atoms with E-state index in [0.29, 0.717) is 22.6 Å². The highest BCUT2D eigenvalue weighted by Gasteiger charge is 2.16. The Labute approximate surface area is 139 Å². The van der Waals surface area contributed by atoms with Crippen molar-refractivity contribution in [3.63, 3.8) is 0 Å². The summed E-state index contributed by atoms with van der Waals surface area (Å²) in [5.74, 6) is -0.411. The maximum Gasteiger partial charge on any atom is 0.167 e. The van der Waals surface area contributed by atoms with Crippen LogP contribution >= 0.6 is 0 Å². The Morgan fingerprint density at radius 3 is 1.17 bits per heavy atom.